The van der Waals surface area contributed by atoms with Crippen LogP contribution >= 0.6 is 0 Å². The van der Waals surface area contributed by atoms with Crippen LogP contribution in [-0.2, 0) is 7.05 Å². The Morgan fingerprint density at radius 1 is 1.23 bits per heavy atom. The van der Waals surface area contributed by atoms with Crippen LogP contribution in [0.25, 0.3) is 28.1 Å². The summed E-state index contributed by atoms with van der Waals surface area (Å²) in [5.41, 5.74) is 2.86. The third-order valence-corrected chi connectivity index (χ3v) is 3.83. The van der Waals surface area contributed by atoms with Gasteiger partial charge in [-0.15, -0.1) is 0 Å². The fourth-order valence-corrected chi connectivity index (χ4v) is 2.79. The molecule has 0 saturated carbocycles. The minimum Gasteiger partial charge on any atom is -0.339 e. The third kappa shape index (κ3) is 1.56. The first kappa shape index (κ1) is 12.8. The van der Waals surface area contributed by atoms with Crippen LogP contribution < -0.4 is 5.56 Å². The maximum Gasteiger partial charge on any atom is 0.261 e. The number of rotatable bonds is 1. The molecule has 0 aliphatic heterocycles. The van der Waals surface area contributed by atoms with Crippen LogP contribution in [0.2, 0.25) is 0 Å². The predicted octanol–water partition coefficient (Wildman–Crippen LogP) is 1.85. The summed E-state index contributed by atoms with van der Waals surface area (Å²) >= 11 is 0. The Bertz CT molecular complexity index is 1090. The first-order chi connectivity index (χ1) is 10.6. The second kappa shape index (κ2) is 4.27. The van der Waals surface area contributed by atoms with E-state index in [2.05, 4.69) is 15.1 Å². The average molecular weight is 295 g/mol. The number of hydrogen-bond donors (Lipinski definition) is 0. The SMILES string of the molecule is Cc1nc(-c2ncn3c4cccc(C)c4c(=O)n(C)c23)no1. The van der Waals surface area contributed by atoms with Crippen molar-refractivity contribution < 1.29 is 4.52 Å². The molecule has 0 atom stereocenters. The lowest BCUT2D eigenvalue weighted by Gasteiger charge is -2.09. The smallest absolute Gasteiger partial charge is 0.261 e. The highest BCUT2D eigenvalue weighted by atomic mass is 16.5. The van der Waals surface area contributed by atoms with Crippen molar-refractivity contribution in [3.05, 3.63) is 46.3 Å². The van der Waals surface area contributed by atoms with Crippen LogP contribution in [0.15, 0.2) is 33.8 Å². The van der Waals surface area contributed by atoms with Gasteiger partial charge in [-0.2, -0.15) is 4.98 Å². The monoisotopic (exact) mass is 295 g/mol. The maximum atomic E-state index is 12.7. The molecule has 7 heteroatoms. The van der Waals surface area contributed by atoms with Gasteiger partial charge in [-0.25, -0.2) is 4.98 Å². The van der Waals surface area contributed by atoms with E-state index in [4.69, 9.17) is 4.52 Å². The molecule has 3 heterocycles. The van der Waals surface area contributed by atoms with Gasteiger partial charge >= 0.3 is 0 Å². The number of hydrogen-bond acceptors (Lipinski definition) is 5. The Morgan fingerprint density at radius 3 is 2.77 bits per heavy atom. The second-order valence-corrected chi connectivity index (χ2v) is 5.26. The zero-order valence-electron chi connectivity index (χ0n) is 12.4. The molecule has 0 radical (unpaired) electrons. The van der Waals surface area contributed by atoms with Gasteiger partial charge in [0.25, 0.3) is 5.56 Å². The molecule has 4 rings (SSSR count). The molecule has 0 saturated heterocycles. The van der Waals surface area contributed by atoms with E-state index in [-0.39, 0.29) is 5.56 Å². The molecule has 0 aliphatic rings. The molecule has 4 aromatic rings. The second-order valence-electron chi connectivity index (χ2n) is 5.26. The lowest BCUT2D eigenvalue weighted by atomic mass is 10.1. The minimum absolute atomic E-state index is 0.0671. The zero-order chi connectivity index (χ0) is 15.4. The molecule has 110 valence electrons. The number of aromatic nitrogens is 5. The summed E-state index contributed by atoms with van der Waals surface area (Å²) in [6.07, 6.45) is 1.68. The Balaban J connectivity index is 2.21. The van der Waals surface area contributed by atoms with Gasteiger partial charge < -0.3 is 4.52 Å². The quantitative estimate of drug-likeness (QED) is 0.535. The van der Waals surface area contributed by atoms with Gasteiger partial charge in [-0.05, 0) is 18.6 Å². The molecule has 0 bridgehead atoms. The fourth-order valence-electron chi connectivity index (χ4n) is 2.79. The molecule has 0 aliphatic carbocycles. The van der Waals surface area contributed by atoms with Crippen LogP contribution in [0, 0.1) is 13.8 Å². The van der Waals surface area contributed by atoms with Gasteiger partial charge in [0.15, 0.2) is 11.3 Å². The van der Waals surface area contributed by atoms with Crippen molar-refractivity contribution in [3.8, 4) is 11.5 Å². The molecule has 0 amide bonds. The summed E-state index contributed by atoms with van der Waals surface area (Å²) in [5, 5.41) is 4.59. The summed E-state index contributed by atoms with van der Waals surface area (Å²) in [6, 6.07) is 5.76. The summed E-state index contributed by atoms with van der Waals surface area (Å²) < 4.78 is 8.47. The van der Waals surface area contributed by atoms with Gasteiger partial charge in [0.05, 0.1) is 10.9 Å². The van der Waals surface area contributed by atoms with Crippen molar-refractivity contribution >= 4 is 16.6 Å². The highest BCUT2D eigenvalue weighted by Gasteiger charge is 2.19. The summed E-state index contributed by atoms with van der Waals surface area (Å²) in [6.45, 7) is 3.64. The normalized spacial score (nSPS) is 11.6. The molecule has 7 nitrogen and oxygen atoms in total. The van der Waals surface area contributed by atoms with Crippen LogP contribution in [0.4, 0.5) is 0 Å². The Hall–Kier alpha value is -2.96. The molecule has 22 heavy (non-hydrogen) atoms. The van der Waals surface area contributed by atoms with Gasteiger partial charge in [0, 0.05) is 14.0 Å². The minimum atomic E-state index is -0.0671. The topological polar surface area (TPSA) is 78.2 Å². The van der Waals surface area contributed by atoms with E-state index < -0.39 is 0 Å². The van der Waals surface area contributed by atoms with E-state index in [1.165, 1.54) is 0 Å². The molecule has 0 unspecified atom stereocenters. The molecule has 0 N–H and O–H groups in total. The summed E-state index contributed by atoms with van der Waals surface area (Å²) in [4.78, 5) is 21.3. The molecular formula is C15H13N5O2. The highest BCUT2D eigenvalue weighted by Crippen LogP contribution is 2.23. The number of aryl methyl sites for hydroxylation is 3. The Kier molecular flexibility index (Phi) is 2.47. The van der Waals surface area contributed by atoms with Gasteiger partial charge in [0.1, 0.15) is 6.33 Å². The fraction of sp³-hybridized carbons (Fsp3) is 0.200. The van der Waals surface area contributed by atoms with E-state index in [0.29, 0.717) is 28.4 Å². The number of imidazole rings is 1. The lowest BCUT2D eigenvalue weighted by Crippen LogP contribution is -2.20. The lowest BCUT2D eigenvalue weighted by molar-refractivity contribution is 0.394. The summed E-state index contributed by atoms with van der Waals surface area (Å²) in [5.74, 6) is 0.833. The van der Waals surface area contributed by atoms with Crippen LogP contribution in [0.1, 0.15) is 11.5 Å². The Morgan fingerprint density at radius 2 is 2.05 bits per heavy atom. The molecule has 0 spiro atoms. The number of fused-ring (bicyclic) bond motifs is 3. The van der Waals surface area contributed by atoms with Crippen molar-refractivity contribution in [2.24, 2.45) is 7.05 Å². The number of nitrogens with zero attached hydrogens (tertiary/aromatic N) is 5. The molecule has 3 aromatic heterocycles. The molecule has 1 aromatic carbocycles. The van der Waals surface area contributed by atoms with Crippen molar-refractivity contribution in [1.82, 2.24) is 24.1 Å². The van der Waals surface area contributed by atoms with Crippen molar-refractivity contribution in [2.45, 2.75) is 13.8 Å². The van der Waals surface area contributed by atoms with Crippen LogP contribution in [0.5, 0.6) is 0 Å². The molecule has 0 fully saturated rings. The van der Waals surface area contributed by atoms with Crippen LogP contribution in [-0.4, -0.2) is 24.1 Å². The van der Waals surface area contributed by atoms with E-state index in [0.717, 1.165) is 11.1 Å². The van der Waals surface area contributed by atoms with E-state index in [1.54, 1.807) is 24.9 Å². The standard InChI is InChI=1S/C15H13N5O2/c1-8-5-4-6-10-11(8)15(21)19(3)14-12(16-7-20(10)14)13-17-9(2)22-18-13/h4-7H,1-3H3. The van der Waals surface area contributed by atoms with Gasteiger partial charge in [0.2, 0.25) is 11.7 Å². The maximum absolute atomic E-state index is 12.7. The first-order valence-corrected chi connectivity index (χ1v) is 6.84. The van der Waals surface area contributed by atoms with E-state index in [9.17, 15) is 4.79 Å². The van der Waals surface area contributed by atoms with Gasteiger partial charge in [-0.3, -0.25) is 13.8 Å². The molecular weight excluding hydrogens is 282 g/mol. The average Bonchev–Trinajstić information content (AvgIpc) is 3.10. The van der Waals surface area contributed by atoms with Crippen molar-refractivity contribution in [1.29, 1.82) is 0 Å². The van der Waals surface area contributed by atoms with Crippen LogP contribution in [0.3, 0.4) is 0 Å². The van der Waals surface area contributed by atoms with E-state index >= 15 is 0 Å². The predicted molar refractivity (Wildman–Crippen MR) is 80.7 cm³/mol. The Labute approximate surface area is 124 Å². The third-order valence-electron chi connectivity index (χ3n) is 3.83. The number of benzene rings is 1. The summed E-state index contributed by atoms with van der Waals surface area (Å²) in [7, 11) is 1.72. The van der Waals surface area contributed by atoms with Crippen molar-refractivity contribution in [2.75, 3.05) is 0 Å². The zero-order valence-corrected chi connectivity index (χ0v) is 12.4. The largest absolute Gasteiger partial charge is 0.339 e. The van der Waals surface area contributed by atoms with Gasteiger partial charge in [-0.1, -0.05) is 17.3 Å². The van der Waals surface area contributed by atoms with Crippen molar-refractivity contribution in [3.63, 3.8) is 0 Å². The van der Waals surface area contributed by atoms with E-state index in [1.807, 2.05) is 29.5 Å². The highest BCUT2D eigenvalue weighted by molar-refractivity contribution is 5.86. The first-order valence-electron chi connectivity index (χ1n) is 6.84.